The van der Waals surface area contributed by atoms with Crippen LogP contribution in [0.2, 0.25) is 0 Å². The van der Waals surface area contributed by atoms with Gasteiger partial charge < -0.3 is 0 Å². The summed E-state index contributed by atoms with van der Waals surface area (Å²) in [5.74, 6) is 0.889. The molecule has 0 unspecified atom stereocenters. The number of rotatable bonds is 1. The Morgan fingerprint density at radius 1 is 2.00 bits per heavy atom. The molecular weight excluding hydrogens is 68.1 g/mol. The minimum Gasteiger partial charge on any atom is -0.179 e. The lowest BCUT2D eigenvalue weighted by molar-refractivity contribution is 1.44. The summed E-state index contributed by atoms with van der Waals surface area (Å²) in [7, 11) is 0. The number of thiol groups is 1. The molecule has 4 heavy (non-hydrogen) atoms. The molecule has 0 aromatic heterocycles. The summed E-state index contributed by atoms with van der Waals surface area (Å²) < 4.78 is 0. The maximum atomic E-state index is 3.86. The fraction of sp³-hybridized carbons (Fsp3) is 0.667. The van der Waals surface area contributed by atoms with Crippen LogP contribution in [0, 0.1) is 6.42 Å². The fourth-order valence-corrected chi connectivity index (χ4v) is 0. The molecule has 0 aliphatic heterocycles. The predicted molar refractivity (Wildman–Crippen MR) is 23.8 cm³/mol. The van der Waals surface area contributed by atoms with Crippen LogP contribution in [0.25, 0.3) is 0 Å². The Kier molecular flexibility index (Phi) is 3.64. The molecule has 0 aliphatic carbocycles. The van der Waals surface area contributed by atoms with E-state index in [9.17, 15) is 0 Å². The van der Waals surface area contributed by atoms with Crippen LogP contribution in [0.1, 0.15) is 6.92 Å². The van der Waals surface area contributed by atoms with Gasteiger partial charge in [0.2, 0.25) is 0 Å². The highest BCUT2D eigenvalue weighted by Gasteiger charge is 1.57. The minimum atomic E-state index is 0.889. The first-order valence-corrected chi connectivity index (χ1v) is 1.93. The smallest absolute Gasteiger partial charge is 0.00693 e. The van der Waals surface area contributed by atoms with Crippen LogP contribution in [-0.2, 0) is 0 Å². The fourth-order valence-electron chi connectivity index (χ4n) is 0. The summed E-state index contributed by atoms with van der Waals surface area (Å²) in [5.41, 5.74) is 0. The van der Waals surface area contributed by atoms with Gasteiger partial charge in [-0.1, -0.05) is 6.92 Å². The van der Waals surface area contributed by atoms with Gasteiger partial charge in [0.25, 0.3) is 0 Å². The summed E-state index contributed by atoms with van der Waals surface area (Å²) in [6.45, 7) is 1.98. The monoisotopic (exact) mass is 75.0 g/mol. The van der Waals surface area contributed by atoms with E-state index in [0.29, 0.717) is 0 Å². The van der Waals surface area contributed by atoms with Crippen LogP contribution in [-0.4, -0.2) is 5.75 Å². The van der Waals surface area contributed by atoms with Crippen LogP contribution in [0.4, 0.5) is 0 Å². The Bertz CT molecular complexity index is 5.25. The highest BCUT2D eigenvalue weighted by molar-refractivity contribution is 7.80. The van der Waals surface area contributed by atoms with Crippen molar-refractivity contribution in [3.63, 3.8) is 0 Å². The van der Waals surface area contributed by atoms with E-state index in [1.807, 2.05) is 13.3 Å². The molecule has 0 spiro atoms. The zero-order valence-corrected chi connectivity index (χ0v) is 3.63. The average Bonchev–Trinajstić information content (AvgIpc) is 1.37. The number of hydrogen-bond donors (Lipinski definition) is 1. The highest BCUT2D eigenvalue weighted by atomic mass is 32.1. The predicted octanol–water partition coefficient (Wildman–Crippen LogP) is 1.14. The normalized spacial score (nSPS) is 7.50. The quantitative estimate of drug-likeness (QED) is 0.444. The van der Waals surface area contributed by atoms with E-state index in [1.165, 1.54) is 0 Å². The van der Waals surface area contributed by atoms with Gasteiger partial charge in [-0.05, 0) is 12.2 Å². The van der Waals surface area contributed by atoms with Gasteiger partial charge in [0, 0.05) is 0 Å². The number of hydrogen-bond acceptors (Lipinski definition) is 1. The van der Waals surface area contributed by atoms with Gasteiger partial charge in [-0.2, -0.15) is 12.6 Å². The van der Waals surface area contributed by atoms with Gasteiger partial charge in [0.15, 0.2) is 0 Å². The Labute approximate surface area is 32.6 Å². The lowest BCUT2D eigenvalue weighted by atomic mass is 10.6. The van der Waals surface area contributed by atoms with Gasteiger partial charge in [-0.15, -0.1) is 0 Å². The molecule has 0 rings (SSSR count). The minimum absolute atomic E-state index is 0.889. The van der Waals surface area contributed by atoms with Crippen LogP contribution in [0.15, 0.2) is 0 Å². The Hall–Kier alpha value is 0.350. The second kappa shape index (κ2) is 3.35. The first kappa shape index (κ1) is 4.35. The topological polar surface area (TPSA) is 0 Å². The first-order chi connectivity index (χ1) is 1.91. The molecule has 0 fully saturated rings. The van der Waals surface area contributed by atoms with Crippen molar-refractivity contribution in [1.29, 1.82) is 0 Å². The molecule has 0 amide bonds. The van der Waals surface area contributed by atoms with Gasteiger partial charge in [-0.25, -0.2) is 0 Å². The SMILES string of the molecule is C[CH]CS. The highest BCUT2D eigenvalue weighted by Crippen LogP contribution is 1.72. The van der Waals surface area contributed by atoms with Crippen LogP contribution < -0.4 is 0 Å². The Morgan fingerprint density at radius 3 is 2.25 bits per heavy atom. The van der Waals surface area contributed by atoms with E-state index in [2.05, 4.69) is 12.6 Å². The van der Waals surface area contributed by atoms with Crippen molar-refractivity contribution in [3.05, 3.63) is 6.42 Å². The maximum absolute atomic E-state index is 3.86. The summed E-state index contributed by atoms with van der Waals surface area (Å²) >= 11 is 3.86. The van der Waals surface area contributed by atoms with Gasteiger partial charge in [0.05, 0.1) is 0 Å². The van der Waals surface area contributed by atoms with Crippen molar-refractivity contribution in [3.8, 4) is 0 Å². The average molecular weight is 75.2 g/mol. The lowest BCUT2D eigenvalue weighted by Crippen LogP contribution is -1.58. The molecule has 0 aliphatic rings. The Balaban J connectivity index is 1.97. The van der Waals surface area contributed by atoms with Crippen molar-refractivity contribution in [2.24, 2.45) is 0 Å². The molecule has 0 atom stereocenters. The van der Waals surface area contributed by atoms with Crippen molar-refractivity contribution < 1.29 is 0 Å². The molecule has 0 aromatic carbocycles. The summed E-state index contributed by atoms with van der Waals surface area (Å²) in [5, 5.41) is 0. The summed E-state index contributed by atoms with van der Waals surface area (Å²) in [6, 6.07) is 0. The van der Waals surface area contributed by atoms with Crippen molar-refractivity contribution >= 4 is 12.6 Å². The zero-order chi connectivity index (χ0) is 3.41. The molecule has 1 heteroatoms. The van der Waals surface area contributed by atoms with Crippen LogP contribution >= 0.6 is 12.6 Å². The first-order valence-electron chi connectivity index (χ1n) is 1.30. The van der Waals surface area contributed by atoms with E-state index >= 15 is 0 Å². The van der Waals surface area contributed by atoms with E-state index in [4.69, 9.17) is 0 Å². The largest absolute Gasteiger partial charge is 0.179 e. The second-order valence-corrected chi connectivity index (χ2v) is 0.956. The van der Waals surface area contributed by atoms with Crippen molar-refractivity contribution in [1.82, 2.24) is 0 Å². The van der Waals surface area contributed by atoms with Crippen LogP contribution in [0.3, 0.4) is 0 Å². The molecule has 0 N–H and O–H groups in total. The summed E-state index contributed by atoms with van der Waals surface area (Å²) in [6.07, 6.45) is 1.99. The van der Waals surface area contributed by atoms with E-state index < -0.39 is 0 Å². The molecule has 25 valence electrons. The third kappa shape index (κ3) is 2.35. The standard InChI is InChI=1S/C3H7S/c1-2-3-4/h2,4H,3H2,1H3. The van der Waals surface area contributed by atoms with Gasteiger partial charge >= 0.3 is 0 Å². The van der Waals surface area contributed by atoms with E-state index in [1.54, 1.807) is 0 Å². The van der Waals surface area contributed by atoms with Gasteiger partial charge in [-0.3, -0.25) is 0 Å². The third-order valence-electron chi connectivity index (χ3n) is 0.183. The molecule has 0 saturated carbocycles. The van der Waals surface area contributed by atoms with Crippen molar-refractivity contribution in [2.45, 2.75) is 6.92 Å². The van der Waals surface area contributed by atoms with Crippen molar-refractivity contribution in [2.75, 3.05) is 5.75 Å². The molecule has 1 radical (unpaired) electrons. The molecule has 0 saturated heterocycles. The second-order valence-electron chi connectivity index (χ2n) is 0.591. The lowest BCUT2D eigenvalue weighted by Gasteiger charge is -1.67. The molecular formula is C3H7S. The molecule has 0 aromatic rings. The molecule has 0 nitrogen and oxygen atoms in total. The third-order valence-corrected chi connectivity index (χ3v) is 0.548. The maximum Gasteiger partial charge on any atom is -0.00693 e. The van der Waals surface area contributed by atoms with E-state index in [-0.39, 0.29) is 0 Å². The molecule has 0 heterocycles. The van der Waals surface area contributed by atoms with E-state index in [0.717, 1.165) is 5.75 Å². The summed E-state index contributed by atoms with van der Waals surface area (Å²) in [4.78, 5) is 0. The molecule has 0 bridgehead atoms. The Morgan fingerprint density at radius 2 is 2.25 bits per heavy atom. The van der Waals surface area contributed by atoms with Gasteiger partial charge in [0.1, 0.15) is 0 Å². The zero-order valence-electron chi connectivity index (χ0n) is 2.73. The van der Waals surface area contributed by atoms with Crippen LogP contribution in [0.5, 0.6) is 0 Å².